The fraction of sp³-hybridized carbons (Fsp3) is 0.355. The van der Waals surface area contributed by atoms with E-state index in [0.29, 0.717) is 24.4 Å². The first kappa shape index (κ1) is 30.7. The molecule has 0 aliphatic rings. The van der Waals surface area contributed by atoms with Crippen LogP contribution in [0, 0.1) is 12.8 Å². The van der Waals surface area contributed by atoms with Crippen molar-refractivity contribution in [1.82, 2.24) is 10.2 Å². The minimum atomic E-state index is -4.13. The molecule has 0 saturated heterocycles. The van der Waals surface area contributed by atoms with Gasteiger partial charge in [0.1, 0.15) is 18.3 Å². The molecule has 0 saturated carbocycles. The van der Waals surface area contributed by atoms with Crippen molar-refractivity contribution in [3.05, 3.63) is 90.0 Å². The lowest BCUT2D eigenvalue weighted by molar-refractivity contribution is -0.138. The number of nitrogens with zero attached hydrogens (tertiary/aromatic N) is 2. The fourth-order valence-corrected chi connectivity index (χ4v) is 5.55. The number of ether oxygens (including phenoxy) is 1. The minimum absolute atomic E-state index is 0.0280. The van der Waals surface area contributed by atoms with E-state index < -0.39 is 28.5 Å². The Morgan fingerprint density at radius 3 is 2.10 bits per heavy atom. The molecule has 0 bridgehead atoms. The van der Waals surface area contributed by atoms with Crippen LogP contribution in [0.25, 0.3) is 0 Å². The summed E-state index contributed by atoms with van der Waals surface area (Å²) in [7, 11) is -2.62. The summed E-state index contributed by atoms with van der Waals surface area (Å²) in [6.07, 6.45) is 0.518. The lowest BCUT2D eigenvalue weighted by atomic mass is 10.1. The first-order valence-corrected chi connectivity index (χ1v) is 14.8. The molecule has 1 atom stereocenters. The monoisotopic (exact) mass is 565 g/mol. The molecule has 9 heteroatoms. The molecule has 214 valence electrons. The number of sulfonamides is 1. The maximum Gasteiger partial charge on any atom is 0.264 e. The average Bonchev–Trinajstić information content (AvgIpc) is 2.95. The number of methoxy groups -OCH3 is 1. The van der Waals surface area contributed by atoms with Crippen molar-refractivity contribution in [1.29, 1.82) is 0 Å². The average molecular weight is 566 g/mol. The van der Waals surface area contributed by atoms with Crippen LogP contribution in [0.4, 0.5) is 5.69 Å². The molecule has 40 heavy (non-hydrogen) atoms. The predicted octanol–water partition coefficient (Wildman–Crippen LogP) is 4.43. The van der Waals surface area contributed by atoms with Crippen LogP contribution in [0.5, 0.6) is 5.75 Å². The Hall–Kier alpha value is -3.85. The third-order valence-electron chi connectivity index (χ3n) is 6.58. The van der Waals surface area contributed by atoms with Gasteiger partial charge < -0.3 is 15.0 Å². The molecular formula is C31H39N3O5S. The van der Waals surface area contributed by atoms with Gasteiger partial charge in [-0.15, -0.1) is 0 Å². The minimum Gasteiger partial charge on any atom is -0.497 e. The number of rotatable bonds is 13. The van der Waals surface area contributed by atoms with Gasteiger partial charge in [-0.2, -0.15) is 0 Å². The van der Waals surface area contributed by atoms with E-state index in [-0.39, 0.29) is 23.3 Å². The van der Waals surface area contributed by atoms with Gasteiger partial charge in [0.15, 0.2) is 0 Å². The lowest BCUT2D eigenvalue weighted by Gasteiger charge is -2.32. The number of carbonyl (C=O) groups excluding carboxylic acids is 2. The summed E-state index contributed by atoms with van der Waals surface area (Å²) in [4.78, 5) is 28.4. The van der Waals surface area contributed by atoms with Crippen molar-refractivity contribution in [2.45, 2.75) is 45.1 Å². The molecule has 3 rings (SSSR count). The van der Waals surface area contributed by atoms with Crippen molar-refractivity contribution < 1.29 is 22.7 Å². The Kier molecular flexibility index (Phi) is 10.7. The third kappa shape index (κ3) is 8.08. The van der Waals surface area contributed by atoms with Gasteiger partial charge >= 0.3 is 0 Å². The van der Waals surface area contributed by atoms with E-state index in [9.17, 15) is 18.0 Å². The molecule has 8 nitrogen and oxygen atoms in total. The summed E-state index contributed by atoms with van der Waals surface area (Å²) in [6.45, 7) is 7.83. The van der Waals surface area contributed by atoms with Gasteiger partial charge in [0.25, 0.3) is 10.0 Å². The van der Waals surface area contributed by atoms with Gasteiger partial charge in [-0.3, -0.25) is 13.9 Å². The number of carbonyl (C=O) groups is 2. The van der Waals surface area contributed by atoms with Crippen LogP contribution < -0.4 is 14.4 Å². The highest BCUT2D eigenvalue weighted by molar-refractivity contribution is 7.92. The number of amides is 2. The Labute approximate surface area is 238 Å². The lowest BCUT2D eigenvalue weighted by Crippen LogP contribution is -2.52. The van der Waals surface area contributed by atoms with Crippen LogP contribution in [0.1, 0.15) is 31.9 Å². The van der Waals surface area contributed by atoms with Crippen molar-refractivity contribution >= 4 is 27.5 Å². The van der Waals surface area contributed by atoms with Crippen LogP contribution in [0.2, 0.25) is 0 Å². The molecule has 0 aliphatic heterocycles. The van der Waals surface area contributed by atoms with Crippen LogP contribution in [0.15, 0.2) is 83.8 Å². The SMILES string of the molecule is COc1ccc(S(=O)(=O)N(CC(=O)N(CCc2ccccc2)C(C)C(=O)NCC(C)C)c2ccc(C)cc2)cc1. The number of hydrogen-bond acceptors (Lipinski definition) is 5. The Morgan fingerprint density at radius 2 is 1.52 bits per heavy atom. The van der Waals surface area contributed by atoms with Crippen molar-refractivity contribution in [2.24, 2.45) is 5.92 Å². The Balaban J connectivity index is 1.95. The largest absolute Gasteiger partial charge is 0.497 e. The zero-order valence-electron chi connectivity index (χ0n) is 23.8. The van der Waals surface area contributed by atoms with E-state index in [1.165, 1.54) is 24.1 Å². The van der Waals surface area contributed by atoms with Crippen LogP contribution in [0.3, 0.4) is 0 Å². The molecular weight excluding hydrogens is 526 g/mol. The fourth-order valence-electron chi connectivity index (χ4n) is 4.14. The van der Waals surface area contributed by atoms with E-state index >= 15 is 0 Å². The molecule has 0 aliphatic carbocycles. The van der Waals surface area contributed by atoms with Crippen molar-refractivity contribution in [2.75, 3.05) is 31.0 Å². The van der Waals surface area contributed by atoms with Gasteiger partial charge in [0.2, 0.25) is 11.8 Å². The summed E-state index contributed by atoms with van der Waals surface area (Å²) >= 11 is 0. The highest BCUT2D eigenvalue weighted by atomic mass is 32.2. The van der Waals surface area contributed by atoms with E-state index in [0.717, 1.165) is 15.4 Å². The van der Waals surface area contributed by atoms with E-state index in [2.05, 4.69) is 5.32 Å². The second kappa shape index (κ2) is 14.0. The van der Waals surface area contributed by atoms with Crippen LogP contribution in [-0.2, 0) is 26.0 Å². The van der Waals surface area contributed by atoms with Gasteiger partial charge in [-0.1, -0.05) is 61.9 Å². The maximum absolute atomic E-state index is 13.9. The van der Waals surface area contributed by atoms with E-state index in [1.54, 1.807) is 43.3 Å². The normalized spacial score (nSPS) is 12.1. The second-order valence-corrected chi connectivity index (χ2v) is 12.0. The topological polar surface area (TPSA) is 96.0 Å². The molecule has 3 aromatic carbocycles. The third-order valence-corrected chi connectivity index (χ3v) is 8.37. The predicted molar refractivity (Wildman–Crippen MR) is 158 cm³/mol. The highest BCUT2D eigenvalue weighted by Gasteiger charge is 2.32. The second-order valence-electron chi connectivity index (χ2n) is 10.2. The maximum atomic E-state index is 13.9. The summed E-state index contributed by atoms with van der Waals surface area (Å²) in [5.74, 6) is 0.0114. The summed E-state index contributed by atoms with van der Waals surface area (Å²) in [6, 6.07) is 21.9. The van der Waals surface area contributed by atoms with Crippen LogP contribution in [-0.4, -0.2) is 57.9 Å². The zero-order valence-corrected chi connectivity index (χ0v) is 24.6. The first-order chi connectivity index (χ1) is 19.0. The molecule has 0 heterocycles. The highest BCUT2D eigenvalue weighted by Crippen LogP contribution is 2.26. The molecule has 2 amide bonds. The van der Waals surface area contributed by atoms with E-state index in [1.807, 2.05) is 51.1 Å². The smallest absolute Gasteiger partial charge is 0.264 e. The number of nitrogens with one attached hydrogen (secondary N) is 1. The summed E-state index contributed by atoms with van der Waals surface area (Å²) < 4.78 is 34.0. The molecule has 0 fully saturated rings. The molecule has 1 N–H and O–H groups in total. The molecule has 0 aromatic heterocycles. The molecule has 0 radical (unpaired) electrons. The van der Waals surface area contributed by atoms with Crippen LogP contribution >= 0.6 is 0 Å². The van der Waals surface area contributed by atoms with Gasteiger partial charge in [0, 0.05) is 13.1 Å². The summed E-state index contributed by atoms with van der Waals surface area (Å²) in [5.41, 5.74) is 2.32. The van der Waals surface area contributed by atoms with Gasteiger partial charge in [-0.05, 0) is 68.1 Å². The number of anilines is 1. The van der Waals surface area contributed by atoms with Gasteiger partial charge in [-0.25, -0.2) is 8.42 Å². The Morgan fingerprint density at radius 1 is 0.900 bits per heavy atom. The number of benzene rings is 3. The zero-order chi connectivity index (χ0) is 29.3. The number of hydrogen-bond donors (Lipinski definition) is 1. The quantitative estimate of drug-likeness (QED) is 0.331. The first-order valence-electron chi connectivity index (χ1n) is 13.4. The standard InChI is InChI=1S/C31H39N3O5S/c1-23(2)21-32-31(36)25(4)33(20-19-26-9-7-6-8-10-26)30(35)22-34(27-13-11-24(3)12-14-27)40(37,38)29-17-15-28(39-5)16-18-29/h6-18,23,25H,19-22H2,1-5H3,(H,32,36). The molecule has 1 unspecified atom stereocenters. The Bertz CT molecular complexity index is 1360. The van der Waals surface area contributed by atoms with Gasteiger partial charge in [0.05, 0.1) is 17.7 Å². The number of aryl methyl sites for hydroxylation is 1. The molecule has 3 aromatic rings. The van der Waals surface area contributed by atoms with Crippen molar-refractivity contribution in [3.8, 4) is 5.75 Å². The van der Waals surface area contributed by atoms with E-state index in [4.69, 9.17) is 4.74 Å². The summed E-state index contributed by atoms with van der Waals surface area (Å²) in [5, 5.41) is 2.90. The molecule has 0 spiro atoms. The van der Waals surface area contributed by atoms with Crippen molar-refractivity contribution in [3.63, 3.8) is 0 Å².